The van der Waals surface area contributed by atoms with Gasteiger partial charge in [0.05, 0.1) is 39.3 Å². The largest absolute Gasteiger partial charge is 0.365 e. The standard InChI is InChI=1S/C26H27ClFN5O5S/c1-31(2)25(36)15-38-20-13-32(12-19(20)30-26(37)21-8-9-22(27)39-21)14-23(34)29-18-7-6-16(11-17(18)28)33-10-4-3-5-24(33)35/h3-11,19-20H,12-15H2,1-2H3,(H,29,34)(H,30,37)/t19-,20-/m0/s1. The van der Waals surface area contributed by atoms with Gasteiger partial charge in [-0.1, -0.05) is 17.7 Å². The lowest BCUT2D eigenvalue weighted by Crippen LogP contribution is -2.44. The number of hydrogen-bond donors (Lipinski definition) is 2. The molecule has 1 aliphatic rings. The molecule has 1 aromatic carbocycles. The molecule has 0 unspecified atom stereocenters. The summed E-state index contributed by atoms with van der Waals surface area (Å²) < 4.78 is 22.3. The number of benzene rings is 1. The topological polar surface area (TPSA) is 113 Å². The molecule has 0 saturated carbocycles. The number of halogens is 2. The van der Waals surface area contributed by atoms with E-state index < -0.39 is 23.9 Å². The molecule has 1 fully saturated rings. The quantitative estimate of drug-likeness (QED) is 0.405. The predicted molar refractivity (Wildman–Crippen MR) is 146 cm³/mol. The SMILES string of the molecule is CN(C)C(=O)CO[C@H]1CN(CC(=O)Nc2ccc(-n3ccccc3=O)cc2F)C[C@@H]1NC(=O)c1ccc(Cl)s1. The Morgan fingerprint density at radius 2 is 1.95 bits per heavy atom. The van der Waals surface area contributed by atoms with E-state index in [1.807, 2.05) is 0 Å². The van der Waals surface area contributed by atoms with Crippen LogP contribution in [0.4, 0.5) is 10.1 Å². The number of likely N-dealkylation sites (N-methyl/N-ethyl adjacent to an activating group) is 1. The number of aromatic nitrogens is 1. The molecular weight excluding hydrogens is 549 g/mol. The summed E-state index contributed by atoms with van der Waals surface area (Å²) in [7, 11) is 3.22. The maximum atomic E-state index is 14.8. The van der Waals surface area contributed by atoms with Crippen LogP contribution in [0.2, 0.25) is 4.34 Å². The van der Waals surface area contributed by atoms with Crippen molar-refractivity contribution in [3.63, 3.8) is 0 Å². The van der Waals surface area contributed by atoms with Gasteiger partial charge in [0.2, 0.25) is 11.8 Å². The predicted octanol–water partition coefficient (Wildman–Crippen LogP) is 2.22. The number of pyridine rings is 1. The Labute approximate surface area is 232 Å². The van der Waals surface area contributed by atoms with Crippen molar-refractivity contribution in [2.45, 2.75) is 12.1 Å². The van der Waals surface area contributed by atoms with Crippen molar-refractivity contribution in [1.82, 2.24) is 19.7 Å². The van der Waals surface area contributed by atoms with E-state index >= 15 is 0 Å². The monoisotopic (exact) mass is 575 g/mol. The second-order valence-electron chi connectivity index (χ2n) is 9.14. The van der Waals surface area contributed by atoms with Crippen LogP contribution in [0.15, 0.2) is 59.5 Å². The summed E-state index contributed by atoms with van der Waals surface area (Å²) in [6.07, 6.45) is 0.969. The number of likely N-dealkylation sites (tertiary alicyclic amines) is 1. The van der Waals surface area contributed by atoms with E-state index in [1.165, 1.54) is 39.9 Å². The molecule has 206 valence electrons. The van der Waals surface area contributed by atoms with Gasteiger partial charge in [-0.3, -0.25) is 28.6 Å². The molecule has 3 aromatic rings. The Bertz CT molecular complexity index is 1430. The van der Waals surface area contributed by atoms with Gasteiger partial charge in [-0.05, 0) is 30.3 Å². The van der Waals surface area contributed by atoms with Crippen LogP contribution in [-0.4, -0.2) is 84.6 Å². The molecule has 4 rings (SSSR count). The van der Waals surface area contributed by atoms with Crippen molar-refractivity contribution in [2.75, 3.05) is 45.7 Å². The van der Waals surface area contributed by atoms with E-state index in [0.717, 1.165) is 11.3 Å². The van der Waals surface area contributed by atoms with Crippen molar-refractivity contribution >= 4 is 46.3 Å². The molecule has 1 saturated heterocycles. The van der Waals surface area contributed by atoms with Crippen LogP contribution in [0.3, 0.4) is 0 Å². The summed E-state index contributed by atoms with van der Waals surface area (Å²) in [5.41, 5.74) is -0.0140. The van der Waals surface area contributed by atoms with E-state index in [2.05, 4.69) is 10.6 Å². The van der Waals surface area contributed by atoms with Gasteiger partial charge in [0.1, 0.15) is 12.4 Å². The highest BCUT2D eigenvalue weighted by Gasteiger charge is 2.36. The number of amides is 3. The maximum absolute atomic E-state index is 14.8. The first-order chi connectivity index (χ1) is 18.6. The first-order valence-corrected chi connectivity index (χ1v) is 13.2. The second-order valence-corrected chi connectivity index (χ2v) is 10.9. The highest BCUT2D eigenvalue weighted by Crippen LogP contribution is 2.23. The molecule has 3 heterocycles. The van der Waals surface area contributed by atoms with Gasteiger partial charge in [-0.25, -0.2) is 4.39 Å². The van der Waals surface area contributed by atoms with Gasteiger partial charge in [-0.15, -0.1) is 11.3 Å². The van der Waals surface area contributed by atoms with Gasteiger partial charge >= 0.3 is 0 Å². The molecule has 0 spiro atoms. The van der Waals surface area contributed by atoms with Crippen LogP contribution < -0.4 is 16.2 Å². The molecule has 2 N–H and O–H groups in total. The Balaban J connectivity index is 1.40. The highest BCUT2D eigenvalue weighted by molar-refractivity contribution is 7.18. The van der Waals surface area contributed by atoms with E-state index in [-0.39, 0.29) is 49.3 Å². The van der Waals surface area contributed by atoms with Crippen LogP contribution in [-0.2, 0) is 14.3 Å². The van der Waals surface area contributed by atoms with Crippen LogP contribution in [0.1, 0.15) is 9.67 Å². The number of carbonyl (C=O) groups excluding carboxylic acids is 3. The van der Waals surface area contributed by atoms with Crippen molar-refractivity contribution in [3.8, 4) is 5.69 Å². The first-order valence-electron chi connectivity index (χ1n) is 12.0. The first kappa shape index (κ1) is 28.4. The summed E-state index contributed by atoms with van der Waals surface area (Å²) in [5, 5.41) is 5.45. The summed E-state index contributed by atoms with van der Waals surface area (Å²) in [6, 6.07) is 11.4. The number of anilines is 1. The van der Waals surface area contributed by atoms with Gasteiger partial charge in [0.25, 0.3) is 11.5 Å². The maximum Gasteiger partial charge on any atom is 0.261 e. The fraction of sp³-hybridized carbons (Fsp3) is 0.308. The van der Waals surface area contributed by atoms with Crippen molar-refractivity contribution < 1.29 is 23.5 Å². The number of carbonyl (C=O) groups is 3. The van der Waals surface area contributed by atoms with Crippen molar-refractivity contribution in [1.29, 1.82) is 0 Å². The van der Waals surface area contributed by atoms with Crippen LogP contribution in [0.25, 0.3) is 5.69 Å². The number of rotatable bonds is 9. The Morgan fingerprint density at radius 1 is 1.15 bits per heavy atom. The van der Waals surface area contributed by atoms with Crippen molar-refractivity contribution in [2.24, 2.45) is 0 Å². The van der Waals surface area contributed by atoms with Crippen molar-refractivity contribution in [3.05, 3.63) is 80.1 Å². The zero-order valence-electron chi connectivity index (χ0n) is 21.2. The van der Waals surface area contributed by atoms with E-state index in [9.17, 15) is 23.6 Å². The number of thiophene rings is 1. The Kier molecular flexibility index (Phi) is 9.12. The summed E-state index contributed by atoms with van der Waals surface area (Å²) in [4.78, 5) is 53.1. The zero-order valence-corrected chi connectivity index (χ0v) is 22.8. The molecule has 13 heteroatoms. The summed E-state index contributed by atoms with van der Waals surface area (Å²) in [5.74, 6) is -1.74. The van der Waals surface area contributed by atoms with Gasteiger partial charge in [-0.2, -0.15) is 0 Å². The second kappa shape index (κ2) is 12.5. The van der Waals surface area contributed by atoms with Gasteiger partial charge in [0.15, 0.2) is 0 Å². The number of nitrogens with one attached hydrogen (secondary N) is 2. The molecule has 2 atom stereocenters. The average molecular weight is 576 g/mol. The number of nitrogens with zero attached hydrogens (tertiary/aromatic N) is 3. The van der Waals surface area contributed by atoms with Gasteiger partial charge in [0, 0.05) is 45.5 Å². The highest BCUT2D eigenvalue weighted by atomic mass is 35.5. The van der Waals surface area contributed by atoms with Crippen LogP contribution in [0.5, 0.6) is 0 Å². The normalized spacial score (nSPS) is 17.1. The third kappa shape index (κ3) is 7.30. The summed E-state index contributed by atoms with van der Waals surface area (Å²) in [6.45, 7) is 0.259. The van der Waals surface area contributed by atoms with Crippen LogP contribution >= 0.6 is 22.9 Å². The molecule has 0 radical (unpaired) electrons. The molecule has 10 nitrogen and oxygen atoms in total. The lowest BCUT2D eigenvalue weighted by molar-refractivity contribution is -0.135. The summed E-state index contributed by atoms with van der Waals surface area (Å²) >= 11 is 7.08. The minimum atomic E-state index is -0.693. The lowest BCUT2D eigenvalue weighted by Gasteiger charge is -2.21. The van der Waals surface area contributed by atoms with Gasteiger partial charge < -0.3 is 20.3 Å². The number of ether oxygens (including phenoxy) is 1. The molecule has 39 heavy (non-hydrogen) atoms. The fourth-order valence-corrected chi connectivity index (χ4v) is 5.01. The minimum absolute atomic E-state index is 0.0317. The van der Waals surface area contributed by atoms with E-state index in [4.69, 9.17) is 16.3 Å². The molecule has 3 amide bonds. The molecule has 1 aliphatic heterocycles. The smallest absolute Gasteiger partial charge is 0.261 e. The third-order valence-corrected chi connectivity index (χ3v) is 7.30. The molecule has 0 bridgehead atoms. The number of hydrogen-bond acceptors (Lipinski definition) is 7. The lowest BCUT2D eigenvalue weighted by atomic mass is 10.2. The van der Waals surface area contributed by atoms with E-state index in [1.54, 1.807) is 43.3 Å². The Morgan fingerprint density at radius 3 is 2.62 bits per heavy atom. The fourth-order valence-electron chi connectivity index (χ4n) is 4.06. The zero-order chi connectivity index (χ0) is 28.1. The van der Waals surface area contributed by atoms with Crippen LogP contribution in [0, 0.1) is 5.82 Å². The molecular formula is C26H27ClFN5O5S. The minimum Gasteiger partial charge on any atom is -0.365 e. The van der Waals surface area contributed by atoms with E-state index in [0.29, 0.717) is 14.9 Å². The molecule has 0 aliphatic carbocycles. The molecule has 2 aromatic heterocycles. The average Bonchev–Trinajstić information content (AvgIpc) is 3.49. The Hall–Kier alpha value is -3.58. The third-order valence-electron chi connectivity index (χ3n) is 6.07.